The molecule has 2 fully saturated rings. The van der Waals surface area contributed by atoms with Crippen molar-refractivity contribution in [3.63, 3.8) is 0 Å². The van der Waals surface area contributed by atoms with E-state index in [4.69, 9.17) is 9.47 Å². The summed E-state index contributed by atoms with van der Waals surface area (Å²) in [5.41, 5.74) is 3.71. The average molecular weight is 696 g/mol. The van der Waals surface area contributed by atoms with Crippen LogP contribution >= 0.6 is 15.9 Å². The first kappa shape index (κ1) is 31.4. The van der Waals surface area contributed by atoms with Crippen LogP contribution in [0.1, 0.15) is 57.7 Å². The lowest BCUT2D eigenvalue weighted by molar-refractivity contribution is 0.129. The predicted molar refractivity (Wildman–Crippen MR) is 172 cm³/mol. The number of pyridine rings is 2. The highest BCUT2D eigenvalue weighted by Gasteiger charge is 2.39. The van der Waals surface area contributed by atoms with Crippen molar-refractivity contribution in [1.82, 2.24) is 20.6 Å². The van der Waals surface area contributed by atoms with Gasteiger partial charge in [0, 0.05) is 51.5 Å². The molecule has 0 bridgehead atoms. The minimum Gasteiger partial charge on any atom is -0.439 e. The molecule has 11 heteroatoms. The number of alkyl carbamates (subject to hydrolysis) is 2. The number of amides is 2. The van der Waals surface area contributed by atoms with Crippen LogP contribution in [0.5, 0.6) is 0 Å². The average Bonchev–Trinajstić information content (AvgIpc) is 3.67. The van der Waals surface area contributed by atoms with Gasteiger partial charge in [-0.3, -0.25) is 9.97 Å². The van der Waals surface area contributed by atoms with Crippen LogP contribution in [-0.2, 0) is 9.47 Å². The van der Waals surface area contributed by atoms with E-state index in [0.29, 0.717) is 22.3 Å². The molecule has 3 aromatic carbocycles. The minimum absolute atomic E-state index is 0.321. The number of carbonyl (C=O) groups excluding carboxylic acids is 2. The van der Waals surface area contributed by atoms with Gasteiger partial charge in [0.2, 0.25) is 0 Å². The molecule has 5 aromatic rings. The number of nitrogens with zero attached hydrogens (tertiary/aromatic N) is 2. The highest BCUT2D eigenvalue weighted by Crippen LogP contribution is 2.39. The van der Waals surface area contributed by atoms with Gasteiger partial charge in [-0.1, -0.05) is 66.4 Å². The molecule has 4 heterocycles. The number of benzene rings is 3. The number of cyclic esters (lactones) is 2. The number of hydrogen-bond donors (Lipinski definition) is 2. The molecule has 2 saturated heterocycles. The summed E-state index contributed by atoms with van der Waals surface area (Å²) in [6.07, 6.45) is 3.91. The summed E-state index contributed by atoms with van der Waals surface area (Å²) in [6, 6.07) is 24.8. The van der Waals surface area contributed by atoms with Gasteiger partial charge in [-0.15, -0.1) is 0 Å². The summed E-state index contributed by atoms with van der Waals surface area (Å²) >= 11 is 3.32. The lowest BCUT2D eigenvalue weighted by Gasteiger charge is -2.18. The van der Waals surface area contributed by atoms with E-state index in [0.717, 1.165) is 15.6 Å². The van der Waals surface area contributed by atoms with Gasteiger partial charge in [0.05, 0.1) is 0 Å². The maximum atomic E-state index is 14.2. The van der Waals surface area contributed by atoms with E-state index >= 15 is 0 Å². The molecule has 7 rings (SSSR count). The topological polar surface area (TPSA) is 102 Å². The van der Waals surface area contributed by atoms with E-state index in [1.54, 1.807) is 61.2 Å². The Hall–Kier alpha value is -5.60. The van der Waals surface area contributed by atoms with E-state index in [2.05, 4.69) is 48.4 Å². The first-order valence-corrected chi connectivity index (χ1v) is 15.2. The zero-order valence-electron chi connectivity index (χ0n) is 24.4. The zero-order valence-corrected chi connectivity index (χ0v) is 26.0. The summed E-state index contributed by atoms with van der Waals surface area (Å²) in [4.78, 5) is 31.6. The third kappa shape index (κ3) is 7.45. The van der Waals surface area contributed by atoms with Gasteiger partial charge in [0.1, 0.15) is 23.7 Å². The fourth-order valence-electron chi connectivity index (χ4n) is 5.21. The molecular weight excluding hydrogens is 670 g/mol. The number of halogens is 3. The quantitative estimate of drug-likeness (QED) is 0.188. The van der Waals surface area contributed by atoms with Crippen molar-refractivity contribution >= 4 is 28.1 Å². The Labute approximate surface area is 277 Å². The summed E-state index contributed by atoms with van der Waals surface area (Å²) in [5.74, 6) is 5.31. The molecule has 234 valence electrons. The highest BCUT2D eigenvalue weighted by atomic mass is 79.9. The van der Waals surface area contributed by atoms with Gasteiger partial charge in [-0.05, 0) is 63.5 Å². The molecule has 2 aliphatic heterocycles. The standard InChI is InChI=1S/C22H15FN2O2.C14H10BrFN2O2/c23-19-9-5-4-8-18(19)21-20(25-22(26)27-21)17-12-16(13-24-14-17)11-10-15-6-2-1-3-7-15;15-9-5-8(6-17-7-9)12-13(20-14(19)18-12)10-3-1-2-4-11(10)16/h1-9,12-14,20-21H,(H,25,26);1-7,12-13H,(H,18,19)/t20-,21-;12-,13-/m11/s1. The second-order valence-electron chi connectivity index (χ2n) is 10.5. The summed E-state index contributed by atoms with van der Waals surface area (Å²) in [6.45, 7) is 0. The van der Waals surface area contributed by atoms with Gasteiger partial charge in [-0.25, -0.2) is 18.4 Å². The Bertz CT molecular complexity index is 1990. The number of aromatic nitrogens is 2. The molecular formula is C36H25BrF2N4O4. The van der Waals surface area contributed by atoms with Crippen LogP contribution in [-0.4, -0.2) is 22.2 Å². The molecule has 2 aliphatic rings. The molecule has 0 radical (unpaired) electrons. The Morgan fingerprint density at radius 2 is 1.11 bits per heavy atom. The largest absolute Gasteiger partial charge is 0.439 e. The lowest BCUT2D eigenvalue weighted by Crippen LogP contribution is -2.20. The van der Waals surface area contributed by atoms with E-state index in [9.17, 15) is 18.4 Å². The van der Waals surface area contributed by atoms with Crippen LogP contribution in [0.15, 0.2) is 120 Å². The first-order valence-electron chi connectivity index (χ1n) is 14.4. The smallest absolute Gasteiger partial charge is 0.408 e. The second kappa shape index (κ2) is 14.2. The van der Waals surface area contributed by atoms with E-state index in [1.165, 1.54) is 12.1 Å². The highest BCUT2D eigenvalue weighted by molar-refractivity contribution is 9.10. The van der Waals surface area contributed by atoms with Gasteiger partial charge >= 0.3 is 12.2 Å². The molecule has 0 aliphatic carbocycles. The lowest BCUT2D eigenvalue weighted by atomic mass is 9.96. The molecule has 2 aromatic heterocycles. The first-order chi connectivity index (χ1) is 22.9. The van der Waals surface area contributed by atoms with Crippen LogP contribution in [0, 0.1) is 23.5 Å². The number of ether oxygens (including phenoxy) is 2. The normalized spacial score (nSPS) is 19.6. The minimum atomic E-state index is -0.766. The summed E-state index contributed by atoms with van der Waals surface area (Å²) < 4.78 is 39.4. The van der Waals surface area contributed by atoms with Crippen molar-refractivity contribution in [2.45, 2.75) is 24.3 Å². The third-order valence-corrected chi connectivity index (χ3v) is 7.81. The van der Waals surface area contributed by atoms with Crippen LogP contribution in [0.25, 0.3) is 0 Å². The zero-order chi connectivity index (χ0) is 32.8. The van der Waals surface area contributed by atoms with Crippen molar-refractivity contribution in [2.75, 3.05) is 0 Å². The number of rotatable bonds is 4. The second-order valence-corrected chi connectivity index (χ2v) is 11.4. The number of nitrogens with one attached hydrogen (secondary N) is 2. The predicted octanol–water partition coefficient (Wildman–Crippen LogP) is 7.65. The van der Waals surface area contributed by atoms with Crippen molar-refractivity contribution < 1.29 is 27.8 Å². The maximum Gasteiger partial charge on any atom is 0.408 e. The maximum absolute atomic E-state index is 14.2. The number of carbonyl (C=O) groups is 2. The Morgan fingerprint density at radius 1 is 0.617 bits per heavy atom. The van der Waals surface area contributed by atoms with Gasteiger partial charge < -0.3 is 20.1 Å². The summed E-state index contributed by atoms with van der Waals surface area (Å²) in [7, 11) is 0. The molecule has 2 amide bonds. The molecule has 2 N–H and O–H groups in total. The van der Waals surface area contributed by atoms with Crippen molar-refractivity contribution in [3.05, 3.63) is 165 Å². The molecule has 0 spiro atoms. The van der Waals surface area contributed by atoms with E-state index in [-0.39, 0.29) is 0 Å². The Balaban J connectivity index is 0.000000172. The van der Waals surface area contributed by atoms with Crippen LogP contribution in [0.4, 0.5) is 18.4 Å². The molecule has 47 heavy (non-hydrogen) atoms. The van der Waals surface area contributed by atoms with Crippen molar-refractivity contribution in [3.8, 4) is 11.8 Å². The van der Waals surface area contributed by atoms with Gasteiger partial charge in [0.15, 0.2) is 12.2 Å². The van der Waals surface area contributed by atoms with Crippen LogP contribution < -0.4 is 10.6 Å². The summed E-state index contributed by atoms with van der Waals surface area (Å²) in [5, 5.41) is 5.42. The van der Waals surface area contributed by atoms with E-state index < -0.39 is 48.1 Å². The Morgan fingerprint density at radius 3 is 1.66 bits per heavy atom. The fourth-order valence-corrected chi connectivity index (χ4v) is 5.60. The van der Waals surface area contributed by atoms with Gasteiger partial charge in [0.25, 0.3) is 0 Å². The molecule has 0 unspecified atom stereocenters. The van der Waals surface area contributed by atoms with Crippen molar-refractivity contribution in [2.24, 2.45) is 0 Å². The monoisotopic (exact) mass is 694 g/mol. The third-order valence-electron chi connectivity index (χ3n) is 7.37. The number of hydrogen-bond acceptors (Lipinski definition) is 6. The van der Waals surface area contributed by atoms with Gasteiger partial charge in [-0.2, -0.15) is 0 Å². The molecule has 8 nitrogen and oxygen atoms in total. The van der Waals surface area contributed by atoms with Crippen LogP contribution in [0.2, 0.25) is 0 Å². The SMILES string of the molecule is O=C1N[C@H](c2cncc(Br)c2)[C@@H](c2ccccc2F)O1.O=C1N[C@H](c2cncc(C#Cc3ccccc3)c2)[C@@H](c2ccccc2F)O1. The molecule has 4 atom stereocenters. The van der Waals surface area contributed by atoms with Crippen molar-refractivity contribution in [1.29, 1.82) is 0 Å². The Kier molecular flexibility index (Phi) is 9.50. The fraction of sp³-hybridized carbons (Fsp3) is 0.111. The molecule has 0 saturated carbocycles. The van der Waals surface area contributed by atoms with Crippen LogP contribution in [0.3, 0.4) is 0 Å². The van der Waals surface area contributed by atoms with E-state index in [1.807, 2.05) is 42.5 Å².